The molecule has 1 aliphatic rings. The van der Waals surface area contributed by atoms with Gasteiger partial charge in [-0.3, -0.25) is 4.79 Å². The van der Waals surface area contributed by atoms with Gasteiger partial charge in [-0.05, 0) is 38.5 Å². The van der Waals surface area contributed by atoms with Crippen LogP contribution in [-0.2, 0) is 14.3 Å². The Morgan fingerprint density at radius 3 is 2.04 bits per heavy atom. The van der Waals surface area contributed by atoms with Gasteiger partial charge in [-0.2, -0.15) is 0 Å². The van der Waals surface area contributed by atoms with Gasteiger partial charge in [-0.1, -0.05) is 77.6 Å². The maximum atomic E-state index is 11.3. The number of carbonyl (C=O) groups is 1. The maximum Gasteiger partial charge on any atom is 0.305 e. The van der Waals surface area contributed by atoms with Crippen molar-refractivity contribution < 1.29 is 19.4 Å². The Balaban J connectivity index is 2.15. The van der Waals surface area contributed by atoms with Crippen molar-refractivity contribution in [2.24, 2.45) is 0 Å². The van der Waals surface area contributed by atoms with E-state index in [0.717, 1.165) is 58.0 Å². The van der Waals surface area contributed by atoms with Crippen LogP contribution in [0.5, 0.6) is 0 Å². The molecule has 4 nitrogen and oxygen atoms in total. The Morgan fingerprint density at radius 2 is 1.50 bits per heavy atom. The molecule has 0 aromatic rings. The minimum atomic E-state index is -0.609. The third-order valence-corrected chi connectivity index (χ3v) is 6.21. The largest absolute Gasteiger partial charge is 0.469 e. The monoisotopic (exact) mass is 398 g/mol. The molecule has 0 aliphatic carbocycles. The molecule has 2 atom stereocenters. The molecule has 28 heavy (non-hydrogen) atoms. The fourth-order valence-electron chi connectivity index (χ4n) is 4.33. The number of aliphatic hydroxyl groups is 1. The zero-order valence-electron chi connectivity index (χ0n) is 18.7. The highest BCUT2D eigenvalue weighted by Gasteiger charge is 2.37. The van der Waals surface area contributed by atoms with Crippen molar-refractivity contribution >= 4 is 5.97 Å². The Labute approximate surface area is 173 Å². The minimum Gasteiger partial charge on any atom is -0.469 e. The number of ether oxygens (including phenoxy) is 2. The smallest absolute Gasteiger partial charge is 0.305 e. The number of carbonyl (C=O) groups excluding carboxylic acids is 1. The van der Waals surface area contributed by atoms with E-state index in [1.54, 1.807) is 0 Å². The van der Waals surface area contributed by atoms with Crippen molar-refractivity contribution in [3.63, 3.8) is 0 Å². The summed E-state index contributed by atoms with van der Waals surface area (Å²) in [5.74, 6) is -0.0934. The Kier molecular flexibility index (Phi) is 14.7. The second-order valence-corrected chi connectivity index (χ2v) is 8.67. The van der Waals surface area contributed by atoms with E-state index in [1.165, 1.54) is 64.9 Å². The first-order valence-electron chi connectivity index (χ1n) is 12.0. The number of unbranched alkanes of at least 4 members (excludes halogenated alkanes) is 10. The molecular weight excluding hydrogens is 352 g/mol. The summed E-state index contributed by atoms with van der Waals surface area (Å²) in [6, 6.07) is 0. The van der Waals surface area contributed by atoms with Crippen LogP contribution in [0.25, 0.3) is 0 Å². The summed E-state index contributed by atoms with van der Waals surface area (Å²) in [5.41, 5.74) is -0.609. The van der Waals surface area contributed by atoms with Crippen molar-refractivity contribution in [2.45, 2.75) is 134 Å². The van der Waals surface area contributed by atoms with Crippen molar-refractivity contribution in [2.75, 3.05) is 13.7 Å². The third kappa shape index (κ3) is 11.4. The number of hydrogen-bond donors (Lipinski definition) is 1. The van der Waals surface area contributed by atoms with Gasteiger partial charge < -0.3 is 14.6 Å². The van der Waals surface area contributed by atoms with Crippen LogP contribution in [0.15, 0.2) is 0 Å². The molecule has 1 heterocycles. The lowest BCUT2D eigenvalue weighted by Crippen LogP contribution is -2.45. The quantitative estimate of drug-likeness (QED) is 0.230. The molecule has 4 heteroatoms. The van der Waals surface area contributed by atoms with E-state index in [4.69, 9.17) is 4.74 Å². The first-order valence-corrected chi connectivity index (χ1v) is 12.0. The van der Waals surface area contributed by atoms with Crippen LogP contribution >= 0.6 is 0 Å². The van der Waals surface area contributed by atoms with Crippen molar-refractivity contribution in [1.29, 1.82) is 0 Å². The molecule has 0 aromatic heterocycles. The van der Waals surface area contributed by atoms with Gasteiger partial charge in [0.25, 0.3) is 0 Å². The van der Waals surface area contributed by atoms with E-state index in [1.807, 2.05) is 0 Å². The highest BCUT2D eigenvalue weighted by atomic mass is 16.5. The highest BCUT2D eigenvalue weighted by Crippen LogP contribution is 2.33. The number of hydrogen-bond acceptors (Lipinski definition) is 4. The second-order valence-electron chi connectivity index (χ2n) is 8.67. The molecule has 1 aliphatic heterocycles. The van der Waals surface area contributed by atoms with Gasteiger partial charge in [0.15, 0.2) is 0 Å². The van der Waals surface area contributed by atoms with Crippen molar-refractivity contribution in [1.82, 2.24) is 0 Å². The predicted octanol–water partition coefficient (Wildman–Crippen LogP) is 6.33. The summed E-state index contributed by atoms with van der Waals surface area (Å²) in [5, 5.41) is 11.3. The molecule has 166 valence electrons. The molecule has 0 spiro atoms. The van der Waals surface area contributed by atoms with Crippen LogP contribution in [0.1, 0.15) is 122 Å². The molecular formula is C24H46O4. The lowest BCUT2D eigenvalue weighted by Gasteiger charge is -2.38. The highest BCUT2D eigenvalue weighted by molar-refractivity contribution is 5.68. The molecule has 0 amide bonds. The van der Waals surface area contributed by atoms with Crippen LogP contribution in [0.3, 0.4) is 0 Å². The lowest BCUT2D eigenvalue weighted by molar-refractivity contribution is -0.140. The predicted molar refractivity (Wildman–Crippen MR) is 115 cm³/mol. The number of methoxy groups -OCH3 is 1. The van der Waals surface area contributed by atoms with Crippen LogP contribution < -0.4 is 0 Å². The number of esters is 1. The third-order valence-electron chi connectivity index (χ3n) is 6.21. The Morgan fingerprint density at radius 1 is 0.929 bits per heavy atom. The lowest BCUT2D eigenvalue weighted by atomic mass is 9.82. The van der Waals surface area contributed by atoms with E-state index >= 15 is 0 Å². The first kappa shape index (κ1) is 25.4. The Hall–Kier alpha value is -0.610. The van der Waals surface area contributed by atoms with Gasteiger partial charge >= 0.3 is 5.97 Å². The van der Waals surface area contributed by atoms with Gasteiger partial charge in [-0.25, -0.2) is 0 Å². The molecule has 1 saturated heterocycles. The SMILES string of the molecule is CCCCCCC(O)(CCCCCCCCCCC(=O)OC)C1CCCCO1. The average molecular weight is 399 g/mol. The fourth-order valence-corrected chi connectivity index (χ4v) is 4.33. The summed E-state index contributed by atoms with van der Waals surface area (Å²) < 4.78 is 10.6. The molecule has 0 saturated carbocycles. The fraction of sp³-hybridized carbons (Fsp3) is 0.958. The zero-order valence-corrected chi connectivity index (χ0v) is 18.7. The van der Waals surface area contributed by atoms with Crippen LogP contribution in [0, 0.1) is 0 Å². The van der Waals surface area contributed by atoms with E-state index < -0.39 is 5.60 Å². The van der Waals surface area contributed by atoms with Gasteiger partial charge in [0.1, 0.15) is 0 Å². The van der Waals surface area contributed by atoms with Crippen molar-refractivity contribution in [3.8, 4) is 0 Å². The molecule has 1 N–H and O–H groups in total. The molecule has 1 fully saturated rings. The zero-order chi connectivity index (χ0) is 20.5. The summed E-state index contributed by atoms with van der Waals surface area (Å²) in [7, 11) is 1.45. The van der Waals surface area contributed by atoms with Gasteiger partial charge in [0.2, 0.25) is 0 Å². The summed E-state index contributed by atoms with van der Waals surface area (Å²) in [6.45, 7) is 3.05. The topological polar surface area (TPSA) is 55.8 Å². The summed E-state index contributed by atoms with van der Waals surface area (Å²) in [4.78, 5) is 11.1. The average Bonchev–Trinajstić information content (AvgIpc) is 2.73. The van der Waals surface area contributed by atoms with E-state index in [2.05, 4.69) is 11.7 Å². The summed E-state index contributed by atoms with van der Waals surface area (Å²) in [6.07, 6.45) is 19.9. The van der Waals surface area contributed by atoms with Crippen LogP contribution in [0.2, 0.25) is 0 Å². The molecule has 1 rings (SSSR count). The standard InChI is InChI=1S/C24H46O4/c1-3-4-5-14-19-24(26,22-17-13-16-21-28-22)20-15-11-9-7-6-8-10-12-18-23(25)27-2/h22,26H,3-21H2,1-2H3. The van der Waals surface area contributed by atoms with E-state index in [0.29, 0.717) is 6.42 Å². The maximum absolute atomic E-state index is 11.3. The van der Waals surface area contributed by atoms with E-state index in [9.17, 15) is 9.90 Å². The molecule has 0 radical (unpaired) electrons. The van der Waals surface area contributed by atoms with Gasteiger partial charge in [0, 0.05) is 13.0 Å². The molecule has 2 unspecified atom stereocenters. The van der Waals surface area contributed by atoms with Crippen LogP contribution in [-0.4, -0.2) is 36.5 Å². The Bertz CT molecular complexity index is 379. The summed E-state index contributed by atoms with van der Waals surface area (Å²) >= 11 is 0. The molecule has 0 aromatic carbocycles. The van der Waals surface area contributed by atoms with Crippen molar-refractivity contribution in [3.05, 3.63) is 0 Å². The van der Waals surface area contributed by atoms with Gasteiger partial charge in [0.05, 0.1) is 18.8 Å². The minimum absolute atomic E-state index is 0.0534. The van der Waals surface area contributed by atoms with Crippen LogP contribution in [0.4, 0.5) is 0 Å². The normalized spacial score (nSPS) is 19.3. The van der Waals surface area contributed by atoms with E-state index in [-0.39, 0.29) is 12.1 Å². The second kappa shape index (κ2) is 16.2. The van der Waals surface area contributed by atoms with Gasteiger partial charge in [-0.15, -0.1) is 0 Å². The molecule has 0 bridgehead atoms. The number of rotatable bonds is 17. The first-order chi connectivity index (χ1) is 13.6.